The van der Waals surface area contributed by atoms with Gasteiger partial charge in [-0.1, -0.05) is 207 Å². The maximum atomic E-state index is 4.41. The zero-order chi connectivity index (χ0) is 50.1. The van der Waals surface area contributed by atoms with Gasteiger partial charge in [0.15, 0.2) is 0 Å². The Morgan fingerprint density at radius 1 is 0.427 bits per heavy atom. The van der Waals surface area contributed by atoms with E-state index in [2.05, 4.69) is 306 Å². The maximum absolute atomic E-state index is 4.41. The van der Waals surface area contributed by atoms with Crippen LogP contribution in [0.1, 0.15) is 6.42 Å². The molecule has 75 heavy (non-hydrogen) atoms. The van der Waals surface area contributed by atoms with Gasteiger partial charge >= 0.3 is 0 Å². The molecule has 356 valence electrons. The van der Waals surface area contributed by atoms with E-state index in [1.165, 1.54) is 28.0 Å². The second-order valence-electron chi connectivity index (χ2n) is 19.2. The molecule has 3 nitrogen and oxygen atoms in total. The van der Waals surface area contributed by atoms with Crippen LogP contribution in [0.4, 0.5) is 34.1 Å². The molecule has 0 radical (unpaired) electrons. The van der Waals surface area contributed by atoms with Crippen molar-refractivity contribution in [3.8, 4) is 66.8 Å². The third-order valence-corrected chi connectivity index (χ3v) is 14.8. The molecule has 0 saturated heterocycles. The third-order valence-electron chi connectivity index (χ3n) is 14.8. The molecule has 2 aliphatic carbocycles. The minimum atomic E-state index is 0.207. The predicted octanol–water partition coefficient (Wildman–Crippen LogP) is 19.5. The lowest BCUT2D eigenvalue weighted by Crippen LogP contribution is -2.27. The van der Waals surface area contributed by atoms with Crippen molar-refractivity contribution in [2.45, 2.75) is 6.42 Å². The van der Waals surface area contributed by atoms with Crippen LogP contribution in [-0.4, -0.2) is 0 Å². The Bertz CT molecular complexity index is 3820. The molecule has 1 unspecified atom stereocenters. The molecule has 10 aromatic rings. The Kier molecular flexibility index (Phi) is 11.9. The molecule has 0 N–H and O–H groups in total. The van der Waals surface area contributed by atoms with Gasteiger partial charge in [0.1, 0.15) is 0 Å². The maximum Gasteiger partial charge on any atom is 0.0699 e. The summed E-state index contributed by atoms with van der Waals surface area (Å²) in [6.07, 6.45) is 14.3. The van der Waals surface area contributed by atoms with E-state index in [1.807, 2.05) is 6.08 Å². The second-order valence-corrected chi connectivity index (χ2v) is 19.2. The fraction of sp³-hybridized carbons (Fsp3) is 0.0278. The van der Waals surface area contributed by atoms with Crippen molar-refractivity contribution in [2.75, 3.05) is 14.7 Å². The monoisotopic (exact) mass is 959 g/mol. The lowest BCUT2D eigenvalue weighted by Gasteiger charge is -2.36. The molecular formula is C72H53N3. The number of hydrogen-bond donors (Lipinski definition) is 0. The Labute approximate surface area is 440 Å². The summed E-state index contributed by atoms with van der Waals surface area (Å²) < 4.78 is 0. The number of allylic oxidation sites excluding steroid dienone is 6. The third kappa shape index (κ3) is 8.21. The van der Waals surface area contributed by atoms with E-state index in [9.17, 15) is 0 Å². The minimum absolute atomic E-state index is 0.207. The Morgan fingerprint density at radius 2 is 0.840 bits per heavy atom. The van der Waals surface area contributed by atoms with E-state index >= 15 is 0 Å². The largest absolute Gasteiger partial charge is 0.312 e. The summed E-state index contributed by atoms with van der Waals surface area (Å²) in [6, 6.07) is 92.9. The molecule has 0 spiro atoms. The van der Waals surface area contributed by atoms with Crippen molar-refractivity contribution in [1.29, 1.82) is 0 Å². The zero-order valence-electron chi connectivity index (χ0n) is 41.5. The van der Waals surface area contributed by atoms with Crippen molar-refractivity contribution >= 4 is 34.1 Å². The molecule has 3 aliphatic rings. The van der Waals surface area contributed by atoms with Gasteiger partial charge in [0, 0.05) is 45.5 Å². The van der Waals surface area contributed by atoms with E-state index in [4.69, 9.17) is 0 Å². The first-order valence-corrected chi connectivity index (χ1v) is 25.9. The Balaban J connectivity index is 1.17. The van der Waals surface area contributed by atoms with Crippen LogP contribution < -0.4 is 14.7 Å². The van der Waals surface area contributed by atoms with Crippen molar-refractivity contribution in [2.24, 2.45) is 5.92 Å². The summed E-state index contributed by atoms with van der Waals surface area (Å²) in [6.45, 7) is 4.41. The van der Waals surface area contributed by atoms with Gasteiger partial charge in [-0.05, 0) is 153 Å². The van der Waals surface area contributed by atoms with E-state index in [0.717, 1.165) is 96.4 Å². The average molecular weight is 960 g/mol. The number of para-hydroxylation sites is 4. The average Bonchev–Trinajstić information content (AvgIpc) is 3.88. The molecule has 0 bridgehead atoms. The first-order chi connectivity index (χ1) is 37.2. The molecule has 3 heteroatoms. The molecule has 13 rings (SSSR count). The van der Waals surface area contributed by atoms with Crippen LogP contribution in [0.3, 0.4) is 0 Å². The summed E-state index contributed by atoms with van der Waals surface area (Å²) in [4.78, 5) is 7.36. The van der Waals surface area contributed by atoms with Gasteiger partial charge in [0.25, 0.3) is 0 Å². The molecule has 0 saturated carbocycles. The highest BCUT2D eigenvalue weighted by atomic mass is 15.2. The first-order valence-electron chi connectivity index (χ1n) is 25.9. The number of hydrogen-bond acceptors (Lipinski definition) is 3. The van der Waals surface area contributed by atoms with Gasteiger partial charge < -0.3 is 14.7 Å². The van der Waals surface area contributed by atoms with Crippen molar-refractivity contribution < 1.29 is 0 Å². The van der Waals surface area contributed by atoms with Crippen LogP contribution in [0.2, 0.25) is 0 Å². The van der Waals surface area contributed by atoms with Crippen LogP contribution in [0.25, 0.3) is 66.8 Å². The van der Waals surface area contributed by atoms with Crippen LogP contribution in [-0.2, 0) is 0 Å². The highest BCUT2D eigenvalue weighted by Gasteiger charge is 2.36. The lowest BCUT2D eigenvalue weighted by atomic mass is 9.78. The quantitative estimate of drug-likeness (QED) is 0.120. The molecule has 0 aromatic heterocycles. The van der Waals surface area contributed by atoms with E-state index < -0.39 is 0 Å². The van der Waals surface area contributed by atoms with E-state index in [0.29, 0.717) is 0 Å². The van der Waals surface area contributed by atoms with Gasteiger partial charge in [0.2, 0.25) is 0 Å². The number of fused-ring (bicyclic) bond motifs is 9. The summed E-state index contributed by atoms with van der Waals surface area (Å²) >= 11 is 0. The molecule has 0 amide bonds. The van der Waals surface area contributed by atoms with Crippen LogP contribution in [0.15, 0.2) is 315 Å². The van der Waals surface area contributed by atoms with Gasteiger partial charge in [-0.25, -0.2) is 0 Å². The topological polar surface area (TPSA) is 9.72 Å². The fourth-order valence-corrected chi connectivity index (χ4v) is 11.5. The minimum Gasteiger partial charge on any atom is -0.312 e. The SMILES string of the molecule is C=C/C=C(\C1=CC2CC=CC=C2N1c1ccccc1)N(c1ccccc1)c1cc2c(cc1-c1ccccc1)-c1ccccc1-c1ccccc1-c1cc(-c3ccccc3)c(N(c3ccccc3)c3ccccc3)cc1-2. The Hall–Kier alpha value is -9.70. The smallest absolute Gasteiger partial charge is 0.0699 e. The zero-order valence-corrected chi connectivity index (χ0v) is 41.5. The summed E-state index contributed by atoms with van der Waals surface area (Å²) in [5, 5.41) is 0. The van der Waals surface area contributed by atoms with Crippen molar-refractivity contribution in [1.82, 2.24) is 0 Å². The fourth-order valence-electron chi connectivity index (χ4n) is 11.5. The molecule has 10 aromatic carbocycles. The molecule has 1 heterocycles. The molecule has 1 atom stereocenters. The van der Waals surface area contributed by atoms with Gasteiger partial charge in [-0.2, -0.15) is 0 Å². The van der Waals surface area contributed by atoms with Crippen LogP contribution in [0.5, 0.6) is 0 Å². The highest BCUT2D eigenvalue weighted by Crippen LogP contribution is 2.56. The van der Waals surface area contributed by atoms with Crippen LogP contribution >= 0.6 is 0 Å². The lowest BCUT2D eigenvalue weighted by molar-refractivity contribution is 0.774. The van der Waals surface area contributed by atoms with Crippen molar-refractivity contribution in [3.05, 3.63) is 315 Å². The number of benzene rings is 10. The van der Waals surface area contributed by atoms with Gasteiger partial charge in [-0.3, -0.25) is 0 Å². The molecular weight excluding hydrogens is 907 g/mol. The summed E-state index contributed by atoms with van der Waals surface area (Å²) in [7, 11) is 0. The highest BCUT2D eigenvalue weighted by molar-refractivity contribution is 6.09. The van der Waals surface area contributed by atoms with Gasteiger partial charge in [-0.15, -0.1) is 0 Å². The summed E-state index contributed by atoms with van der Waals surface area (Å²) in [5.41, 5.74) is 23.6. The van der Waals surface area contributed by atoms with Crippen molar-refractivity contribution in [3.63, 3.8) is 0 Å². The second kappa shape index (κ2) is 19.7. The van der Waals surface area contributed by atoms with E-state index in [-0.39, 0.29) is 5.92 Å². The number of anilines is 6. The number of nitrogens with zero attached hydrogens (tertiary/aromatic N) is 3. The van der Waals surface area contributed by atoms with Crippen LogP contribution in [0, 0.1) is 5.92 Å². The predicted molar refractivity (Wildman–Crippen MR) is 316 cm³/mol. The molecule has 0 fully saturated rings. The Morgan fingerprint density at radius 3 is 1.35 bits per heavy atom. The first kappa shape index (κ1) is 45.2. The number of rotatable bonds is 11. The normalized spacial score (nSPS) is 14.2. The van der Waals surface area contributed by atoms with Gasteiger partial charge in [0.05, 0.1) is 22.8 Å². The van der Waals surface area contributed by atoms with E-state index in [1.54, 1.807) is 0 Å². The molecule has 1 aliphatic heterocycles. The standard InChI is InChI=1S/C72H53N3/c1-2-27-69(72-46-53-32-21-26-45-68(53)74(72)56-37-17-7-18-38-56)75(57-39-19-8-20-40-57)71-50-67-65(48-63(71)52-30-11-4-12-31-52)61-44-25-23-42-59(61)58-41-22-24-43-60(58)64-47-62(51-28-9-3-10-29-51)70(49-66(64)67)73(54-33-13-5-14-34-54)55-35-15-6-16-36-55/h2-31,33-50,53H,1,32H2/b59-58?,64-60?,65-61?,67-66?,69-27+. The summed E-state index contributed by atoms with van der Waals surface area (Å²) in [5.74, 6) is 0.207.